The first-order valence-corrected chi connectivity index (χ1v) is 10.6. The number of methoxy groups -OCH3 is 1. The van der Waals surface area contributed by atoms with Gasteiger partial charge in [-0.1, -0.05) is 12.1 Å². The maximum Gasteiger partial charge on any atom is 0.191 e. The van der Waals surface area contributed by atoms with Gasteiger partial charge in [0.25, 0.3) is 0 Å². The number of aliphatic imine (C=N–C) groups is 1. The standard InChI is InChI=1S/C23H34N4O3.HI/c1-17-5-7-19(15-22(17)28-4)9-10-25-23(24-3)26-16-20(21-8-6-18(2)30-21)27-11-13-29-14-12-27;/h5-8,15,20H,9-14,16H2,1-4H3,(H2,24,25,26);1H. The van der Waals surface area contributed by atoms with Gasteiger partial charge < -0.3 is 24.5 Å². The molecule has 8 heteroatoms. The maximum atomic E-state index is 5.94. The Morgan fingerprint density at radius 3 is 2.58 bits per heavy atom. The molecule has 31 heavy (non-hydrogen) atoms. The summed E-state index contributed by atoms with van der Waals surface area (Å²) in [4.78, 5) is 6.78. The van der Waals surface area contributed by atoms with Crippen LogP contribution in [0.3, 0.4) is 0 Å². The Morgan fingerprint density at radius 2 is 1.94 bits per heavy atom. The Morgan fingerprint density at radius 1 is 1.16 bits per heavy atom. The highest BCUT2D eigenvalue weighted by molar-refractivity contribution is 14.0. The number of benzene rings is 1. The van der Waals surface area contributed by atoms with Crippen molar-refractivity contribution in [2.24, 2.45) is 4.99 Å². The number of nitrogens with zero attached hydrogens (tertiary/aromatic N) is 2. The summed E-state index contributed by atoms with van der Waals surface area (Å²) < 4.78 is 16.9. The Kier molecular flexibility index (Phi) is 10.6. The van der Waals surface area contributed by atoms with Crippen LogP contribution in [0.2, 0.25) is 0 Å². The highest BCUT2D eigenvalue weighted by Crippen LogP contribution is 2.23. The molecule has 1 aliphatic rings. The third kappa shape index (κ3) is 7.40. The van der Waals surface area contributed by atoms with Crippen molar-refractivity contribution in [1.82, 2.24) is 15.5 Å². The van der Waals surface area contributed by atoms with Crippen LogP contribution >= 0.6 is 24.0 Å². The molecular weight excluding hydrogens is 507 g/mol. The van der Waals surface area contributed by atoms with E-state index in [0.717, 1.165) is 68.1 Å². The van der Waals surface area contributed by atoms with Crippen LogP contribution in [-0.4, -0.2) is 64.4 Å². The fraction of sp³-hybridized carbons (Fsp3) is 0.522. The molecule has 1 aliphatic heterocycles. The van der Waals surface area contributed by atoms with Crippen molar-refractivity contribution in [3.63, 3.8) is 0 Å². The van der Waals surface area contributed by atoms with Crippen molar-refractivity contribution in [3.05, 3.63) is 53.0 Å². The lowest BCUT2D eigenvalue weighted by Gasteiger charge is -2.33. The van der Waals surface area contributed by atoms with E-state index in [1.54, 1.807) is 14.2 Å². The van der Waals surface area contributed by atoms with E-state index >= 15 is 0 Å². The topological polar surface area (TPSA) is 71.3 Å². The predicted octanol–water partition coefficient (Wildman–Crippen LogP) is 3.30. The number of rotatable bonds is 8. The fourth-order valence-corrected chi connectivity index (χ4v) is 3.69. The van der Waals surface area contributed by atoms with Crippen LogP contribution < -0.4 is 15.4 Å². The Hall–Kier alpha value is -1.78. The van der Waals surface area contributed by atoms with Gasteiger partial charge in [-0.15, -0.1) is 24.0 Å². The van der Waals surface area contributed by atoms with Crippen LogP contribution in [0.25, 0.3) is 0 Å². The molecule has 1 atom stereocenters. The van der Waals surface area contributed by atoms with Crippen molar-refractivity contribution in [3.8, 4) is 5.75 Å². The summed E-state index contributed by atoms with van der Waals surface area (Å²) >= 11 is 0. The molecule has 0 radical (unpaired) electrons. The van der Waals surface area contributed by atoms with Crippen molar-refractivity contribution in [2.45, 2.75) is 26.3 Å². The fourth-order valence-electron chi connectivity index (χ4n) is 3.69. The van der Waals surface area contributed by atoms with Gasteiger partial charge in [0.2, 0.25) is 0 Å². The number of hydrogen-bond donors (Lipinski definition) is 2. The molecule has 1 saturated heterocycles. The average Bonchev–Trinajstić information content (AvgIpc) is 3.20. The van der Waals surface area contributed by atoms with Gasteiger partial charge in [0, 0.05) is 33.2 Å². The molecule has 1 unspecified atom stereocenters. The smallest absolute Gasteiger partial charge is 0.191 e. The van der Waals surface area contributed by atoms with E-state index < -0.39 is 0 Å². The molecule has 2 heterocycles. The quantitative estimate of drug-likeness (QED) is 0.303. The molecule has 2 N–H and O–H groups in total. The lowest BCUT2D eigenvalue weighted by atomic mass is 10.1. The largest absolute Gasteiger partial charge is 0.496 e. The minimum atomic E-state index is 0. The minimum absolute atomic E-state index is 0. The molecule has 3 rings (SSSR count). The van der Waals surface area contributed by atoms with E-state index in [9.17, 15) is 0 Å². The molecule has 0 aliphatic carbocycles. The van der Waals surface area contributed by atoms with Gasteiger partial charge in [0.15, 0.2) is 5.96 Å². The molecule has 1 fully saturated rings. The third-order valence-electron chi connectivity index (χ3n) is 5.44. The highest BCUT2D eigenvalue weighted by atomic mass is 127. The third-order valence-corrected chi connectivity index (χ3v) is 5.44. The Balaban J connectivity index is 0.00000341. The molecule has 1 aromatic carbocycles. The average molecular weight is 542 g/mol. The Bertz CT molecular complexity index is 834. The molecule has 1 aromatic heterocycles. The van der Waals surface area contributed by atoms with Crippen LogP contribution in [-0.2, 0) is 11.2 Å². The van der Waals surface area contributed by atoms with Crippen molar-refractivity contribution >= 4 is 29.9 Å². The second-order valence-corrected chi connectivity index (χ2v) is 7.55. The SMILES string of the molecule is CN=C(NCCc1ccc(C)c(OC)c1)NCC(c1ccc(C)o1)N1CCOCC1.I. The predicted molar refractivity (Wildman–Crippen MR) is 135 cm³/mol. The normalized spacial score (nSPS) is 15.8. The van der Waals surface area contributed by atoms with E-state index in [-0.39, 0.29) is 30.0 Å². The second kappa shape index (κ2) is 12.9. The molecular formula is C23H35IN4O3. The molecule has 2 aromatic rings. The lowest BCUT2D eigenvalue weighted by molar-refractivity contribution is 0.0124. The van der Waals surface area contributed by atoms with Gasteiger partial charge in [-0.3, -0.25) is 9.89 Å². The summed E-state index contributed by atoms with van der Waals surface area (Å²) in [5, 5.41) is 6.87. The Labute approximate surface area is 202 Å². The molecule has 172 valence electrons. The van der Waals surface area contributed by atoms with E-state index in [2.05, 4.69) is 51.7 Å². The number of nitrogens with one attached hydrogen (secondary N) is 2. The number of guanidine groups is 1. The van der Waals surface area contributed by atoms with Gasteiger partial charge >= 0.3 is 0 Å². The zero-order chi connectivity index (χ0) is 21.3. The molecule has 0 amide bonds. The minimum Gasteiger partial charge on any atom is -0.496 e. The van der Waals surface area contributed by atoms with Crippen LogP contribution in [0.15, 0.2) is 39.7 Å². The van der Waals surface area contributed by atoms with Crippen LogP contribution in [0, 0.1) is 13.8 Å². The summed E-state index contributed by atoms with van der Waals surface area (Å²) in [6, 6.07) is 10.6. The van der Waals surface area contributed by atoms with E-state index in [1.165, 1.54) is 5.56 Å². The number of ether oxygens (including phenoxy) is 2. The van der Waals surface area contributed by atoms with E-state index in [4.69, 9.17) is 13.9 Å². The summed E-state index contributed by atoms with van der Waals surface area (Å²) in [7, 11) is 3.51. The van der Waals surface area contributed by atoms with Crippen LogP contribution in [0.4, 0.5) is 0 Å². The van der Waals surface area contributed by atoms with Crippen LogP contribution in [0.1, 0.15) is 28.7 Å². The van der Waals surface area contributed by atoms with Crippen molar-refractivity contribution in [1.29, 1.82) is 0 Å². The molecule has 0 spiro atoms. The van der Waals surface area contributed by atoms with Gasteiger partial charge in [-0.2, -0.15) is 0 Å². The number of morpholine rings is 1. The summed E-state index contributed by atoms with van der Waals surface area (Å²) in [5.41, 5.74) is 2.38. The van der Waals surface area contributed by atoms with E-state index in [1.807, 2.05) is 13.0 Å². The summed E-state index contributed by atoms with van der Waals surface area (Å²) in [6.07, 6.45) is 0.890. The van der Waals surface area contributed by atoms with Crippen molar-refractivity contribution in [2.75, 3.05) is 53.6 Å². The molecule has 0 saturated carbocycles. The first-order valence-electron chi connectivity index (χ1n) is 10.6. The van der Waals surface area contributed by atoms with Gasteiger partial charge in [-0.05, 0) is 49.6 Å². The first-order chi connectivity index (χ1) is 14.6. The number of aryl methyl sites for hydroxylation is 2. The van der Waals surface area contributed by atoms with Gasteiger partial charge in [0.05, 0.1) is 26.4 Å². The van der Waals surface area contributed by atoms with Crippen LogP contribution in [0.5, 0.6) is 5.75 Å². The molecule has 0 bridgehead atoms. The van der Waals surface area contributed by atoms with E-state index in [0.29, 0.717) is 6.54 Å². The van der Waals surface area contributed by atoms with Gasteiger partial charge in [0.1, 0.15) is 17.3 Å². The lowest BCUT2D eigenvalue weighted by Crippen LogP contribution is -2.46. The summed E-state index contributed by atoms with van der Waals surface area (Å²) in [6.45, 7) is 8.83. The number of halogens is 1. The van der Waals surface area contributed by atoms with Crippen molar-refractivity contribution < 1.29 is 13.9 Å². The first kappa shape index (κ1) is 25.5. The zero-order valence-electron chi connectivity index (χ0n) is 18.9. The number of furan rings is 1. The zero-order valence-corrected chi connectivity index (χ0v) is 21.3. The second-order valence-electron chi connectivity index (χ2n) is 7.55. The number of hydrogen-bond acceptors (Lipinski definition) is 5. The monoisotopic (exact) mass is 542 g/mol. The molecule has 7 nitrogen and oxygen atoms in total. The maximum absolute atomic E-state index is 5.94. The highest BCUT2D eigenvalue weighted by Gasteiger charge is 2.25. The summed E-state index contributed by atoms with van der Waals surface area (Å²) in [5.74, 6) is 3.62. The van der Waals surface area contributed by atoms with Gasteiger partial charge in [-0.25, -0.2) is 0 Å².